The van der Waals surface area contributed by atoms with Crippen molar-refractivity contribution in [3.05, 3.63) is 35.1 Å². The van der Waals surface area contributed by atoms with Crippen LogP contribution in [0.15, 0.2) is 23.2 Å². The van der Waals surface area contributed by atoms with Crippen LogP contribution in [0.2, 0.25) is 0 Å². The van der Waals surface area contributed by atoms with Gasteiger partial charge in [-0.2, -0.15) is 0 Å². The van der Waals surface area contributed by atoms with Crippen LogP contribution in [0.4, 0.5) is 4.39 Å². The lowest BCUT2D eigenvalue weighted by Crippen LogP contribution is -2.43. The largest absolute Gasteiger partial charge is 0.382 e. The molecule has 29 heavy (non-hydrogen) atoms. The predicted octanol–water partition coefficient (Wildman–Crippen LogP) is 4.16. The van der Waals surface area contributed by atoms with E-state index in [1.165, 1.54) is 25.7 Å². The van der Waals surface area contributed by atoms with Crippen molar-refractivity contribution in [1.82, 2.24) is 15.5 Å². The fourth-order valence-electron chi connectivity index (χ4n) is 3.95. The van der Waals surface area contributed by atoms with E-state index in [-0.39, 0.29) is 29.8 Å². The summed E-state index contributed by atoms with van der Waals surface area (Å²) in [7, 11) is 5.68. The van der Waals surface area contributed by atoms with E-state index in [0.717, 1.165) is 37.7 Å². The Bertz CT molecular complexity index is 633. The summed E-state index contributed by atoms with van der Waals surface area (Å²) < 4.78 is 19.6. The summed E-state index contributed by atoms with van der Waals surface area (Å²) >= 11 is 0. The molecule has 1 saturated carbocycles. The average molecular weight is 520 g/mol. The summed E-state index contributed by atoms with van der Waals surface area (Å²) in [5.41, 5.74) is 2.07. The molecule has 0 radical (unpaired) electrons. The first-order chi connectivity index (χ1) is 13.5. The van der Waals surface area contributed by atoms with Gasteiger partial charge >= 0.3 is 0 Å². The van der Waals surface area contributed by atoms with Crippen LogP contribution >= 0.6 is 24.0 Å². The minimum absolute atomic E-state index is 0. The summed E-state index contributed by atoms with van der Waals surface area (Å²) in [4.78, 5) is 6.33. The van der Waals surface area contributed by atoms with Crippen molar-refractivity contribution in [1.29, 1.82) is 0 Å². The Kier molecular flexibility index (Phi) is 12.1. The molecule has 0 saturated heterocycles. The van der Waals surface area contributed by atoms with Crippen LogP contribution < -0.4 is 10.6 Å². The molecular weight excluding hydrogens is 482 g/mol. The fraction of sp³-hybridized carbons (Fsp3) is 0.682. The zero-order valence-electron chi connectivity index (χ0n) is 18.4. The molecule has 1 aromatic rings. The summed E-state index contributed by atoms with van der Waals surface area (Å²) in [5, 5.41) is 6.87. The Labute approximate surface area is 192 Å². The van der Waals surface area contributed by atoms with Gasteiger partial charge in [-0.1, -0.05) is 18.9 Å². The van der Waals surface area contributed by atoms with Gasteiger partial charge in [0.15, 0.2) is 5.96 Å². The summed E-state index contributed by atoms with van der Waals surface area (Å²) in [6, 6.07) is 5.30. The second-order valence-electron chi connectivity index (χ2n) is 8.10. The standard InChI is InChI=1S/C22H37FN4O.HI/c1-5-28-13-12-22(10-6-7-11-22)17-26-21(24-2)25-15-18-8-9-20(23)19(14-18)16-27(3)4;/h8-9,14H,5-7,10-13,15-17H2,1-4H3,(H2,24,25,26);1H. The number of hydrogen-bond donors (Lipinski definition) is 2. The van der Waals surface area contributed by atoms with Gasteiger partial charge in [0, 0.05) is 45.5 Å². The molecule has 0 aliphatic heterocycles. The third kappa shape index (κ3) is 8.76. The van der Waals surface area contributed by atoms with Gasteiger partial charge in [-0.15, -0.1) is 24.0 Å². The van der Waals surface area contributed by atoms with Gasteiger partial charge in [-0.05, 0) is 63.4 Å². The highest BCUT2D eigenvalue weighted by atomic mass is 127. The highest BCUT2D eigenvalue weighted by Crippen LogP contribution is 2.40. The van der Waals surface area contributed by atoms with Crippen molar-refractivity contribution in [3.8, 4) is 0 Å². The molecule has 0 aromatic heterocycles. The number of benzene rings is 1. The Morgan fingerprint density at radius 2 is 1.97 bits per heavy atom. The molecule has 0 unspecified atom stereocenters. The average Bonchev–Trinajstić information content (AvgIpc) is 3.13. The molecule has 166 valence electrons. The van der Waals surface area contributed by atoms with Gasteiger partial charge in [0.05, 0.1) is 0 Å². The van der Waals surface area contributed by atoms with Gasteiger partial charge < -0.3 is 20.3 Å². The second kappa shape index (κ2) is 13.4. The molecule has 5 nitrogen and oxygen atoms in total. The number of guanidine groups is 1. The number of aliphatic imine (C=N–C) groups is 1. The molecule has 1 aliphatic carbocycles. The highest BCUT2D eigenvalue weighted by molar-refractivity contribution is 14.0. The maximum Gasteiger partial charge on any atom is 0.191 e. The van der Waals surface area contributed by atoms with Crippen LogP contribution in [0.25, 0.3) is 0 Å². The molecular formula is C22H38FIN4O. The van der Waals surface area contributed by atoms with Crippen molar-refractivity contribution in [2.45, 2.75) is 52.1 Å². The van der Waals surface area contributed by atoms with Crippen molar-refractivity contribution in [2.75, 3.05) is 40.9 Å². The molecule has 7 heteroatoms. The fourth-order valence-corrected chi connectivity index (χ4v) is 3.95. The van der Waals surface area contributed by atoms with Crippen LogP contribution in [0.1, 0.15) is 50.2 Å². The Hall–Kier alpha value is -0.930. The third-order valence-corrected chi connectivity index (χ3v) is 5.56. The molecule has 1 aromatic carbocycles. The topological polar surface area (TPSA) is 48.9 Å². The minimum Gasteiger partial charge on any atom is -0.382 e. The predicted molar refractivity (Wildman–Crippen MR) is 129 cm³/mol. The van der Waals surface area contributed by atoms with Gasteiger partial charge in [0.2, 0.25) is 0 Å². The van der Waals surface area contributed by atoms with E-state index in [0.29, 0.717) is 24.1 Å². The molecule has 2 N–H and O–H groups in total. The second-order valence-corrected chi connectivity index (χ2v) is 8.10. The number of nitrogens with one attached hydrogen (secondary N) is 2. The van der Waals surface area contributed by atoms with Gasteiger partial charge in [0.1, 0.15) is 5.82 Å². The van der Waals surface area contributed by atoms with E-state index in [1.54, 1.807) is 13.1 Å². The van der Waals surface area contributed by atoms with Gasteiger partial charge in [-0.25, -0.2) is 4.39 Å². The Morgan fingerprint density at radius 1 is 1.24 bits per heavy atom. The Morgan fingerprint density at radius 3 is 2.59 bits per heavy atom. The summed E-state index contributed by atoms with van der Waals surface area (Å²) in [6.07, 6.45) is 6.18. The lowest BCUT2D eigenvalue weighted by Gasteiger charge is -2.30. The first-order valence-electron chi connectivity index (χ1n) is 10.4. The molecule has 1 fully saturated rings. The number of nitrogens with zero attached hydrogens (tertiary/aromatic N) is 2. The monoisotopic (exact) mass is 520 g/mol. The van der Waals surface area contributed by atoms with E-state index in [2.05, 4.69) is 15.6 Å². The number of ether oxygens (including phenoxy) is 1. The van der Waals surface area contributed by atoms with Crippen LogP contribution in [0, 0.1) is 11.2 Å². The van der Waals surface area contributed by atoms with E-state index < -0.39 is 0 Å². The smallest absolute Gasteiger partial charge is 0.191 e. The quantitative estimate of drug-likeness (QED) is 0.211. The van der Waals surface area contributed by atoms with Crippen molar-refractivity contribution < 1.29 is 9.13 Å². The van der Waals surface area contributed by atoms with E-state index in [9.17, 15) is 4.39 Å². The zero-order valence-corrected chi connectivity index (χ0v) is 20.7. The molecule has 1 aliphatic rings. The van der Waals surface area contributed by atoms with Gasteiger partial charge in [-0.3, -0.25) is 4.99 Å². The van der Waals surface area contributed by atoms with Crippen LogP contribution in [0.5, 0.6) is 0 Å². The highest BCUT2D eigenvalue weighted by Gasteiger charge is 2.33. The molecule has 0 heterocycles. The van der Waals surface area contributed by atoms with Crippen LogP contribution in [-0.2, 0) is 17.8 Å². The van der Waals surface area contributed by atoms with Crippen molar-refractivity contribution >= 4 is 29.9 Å². The maximum atomic E-state index is 14.0. The lowest BCUT2D eigenvalue weighted by atomic mass is 9.83. The van der Waals surface area contributed by atoms with Crippen molar-refractivity contribution in [2.24, 2.45) is 10.4 Å². The van der Waals surface area contributed by atoms with Crippen LogP contribution in [-0.4, -0.2) is 51.8 Å². The van der Waals surface area contributed by atoms with E-state index >= 15 is 0 Å². The van der Waals surface area contributed by atoms with E-state index in [1.807, 2.05) is 38.1 Å². The molecule has 0 atom stereocenters. The Balaban J connectivity index is 0.00000420. The first kappa shape index (κ1) is 26.1. The summed E-state index contributed by atoms with van der Waals surface area (Å²) in [6.45, 7) is 5.77. The molecule has 0 amide bonds. The SMILES string of the molecule is CCOCCC1(CNC(=NC)NCc2ccc(F)c(CN(C)C)c2)CCCC1.I. The zero-order chi connectivity index (χ0) is 20.4. The maximum absolute atomic E-state index is 14.0. The number of halogens is 2. The van der Waals surface area contributed by atoms with Crippen LogP contribution in [0.3, 0.4) is 0 Å². The van der Waals surface area contributed by atoms with Crippen molar-refractivity contribution in [3.63, 3.8) is 0 Å². The number of rotatable bonds is 10. The van der Waals surface area contributed by atoms with E-state index in [4.69, 9.17) is 4.74 Å². The molecule has 0 bridgehead atoms. The normalized spacial score (nSPS) is 16.0. The van der Waals surface area contributed by atoms with Gasteiger partial charge in [0.25, 0.3) is 0 Å². The lowest BCUT2D eigenvalue weighted by molar-refractivity contribution is 0.105. The first-order valence-corrected chi connectivity index (χ1v) is 10.4. The minimum atomic E-state index is -0.155. The molecule has 2 rings (SSSR count). The summed E-state index contributed by atoms with van der Waals surface area (Å²) in [5.74, 6) is 0.638. The number of hydrogen-bond acceptors (Lipinski definition) is 3. The third-order valence-electron chi connectivity index (χ3n) is 5.56. The molecule has 0 spiro atoms.